The van der Waals surface area contributed by atoms with Gasteiger partial charge in [0.15, 0.2) is 11.6 Å². The summed E-state index contributed by atoms with van der Waals surface area (Å²) >= 11 is 3.37. The summed E-state index contributed by atoms with van der Waals surface area (Å²) in [5.74, 6) is -2.89. The van der Waals surface area contributed by atoms with Gasteiger partial charge < -0.3 is 10.2 Å². The van der Waals surface area contributed by atoms with Crippen LogP contribution in [-0.2, 0) is 26.2 Å². The Morgan fingerprint density at radius 2 is 1.66 bits per heavy atom. The number of carbonyl (C=O) groups excluding carboxylic acids is 2. The van der Waals surface area contributed by atoms with Gasteiger partial charge in [-0.1, -0.05) is 28.1 Å². The third-order valence-corrected chi connectivity index (χ3v) is 6.93. The summed E-state index contributed by atoms with van der Waals surface area (Å²) in [6, 6.07) is 9.31. The Balaban J connectivity index is 2.18. The molecule has 0 aromatic heterocycles. The van der Waals surface area contributed by atoms with Gasteiger partial charge in [-0.15, -0.1) is 0 Å². The quantitative estimate of drug-likeness (QED) is 0.436. The van der Waals surface area contributed by atoms with Crippen molar-refractivity contribution >= 4 is 43.5 Å². The van der Waals surface area contributed by atoms with Crippen LogP contribution in [0.2, 0.25) is 0 Å². The molecule has 2 rings (SSSR count). The summed E-state index contributed by atoms with van der Waals surface area (Å²) < 4.78 is 53.3. The van der Waals surface area contributed by atoms with E-state index in [4.69, 9.17) is 0 Å². The highest BCUT2D eigenvalue weighted by Gasteiger charge is 2.27. The van der Waals surface area contributed by atoms with Crippen molar-refractivity contribution in [3.63, 3.8) is 0 Å². The van der Waals surface area contributed by atoms with Crippen molar-refractivity contribution in [3.05, 3.63) is 64.1 Å². The predicted molar refractivity (Wildman–Crippen MR) is 135 cm³/mol. The number of carbonyl (C=O) groups is 2. The minimum Gasteiger partial charge on any atom is -0.352 e. The van der Waals surface area contributed by atoms with Crippen molar-refractivity contribution in [3.8, 4) is 0 Å². The summed E-state index contributed by atoms with van der Waals surface area (Å²) in [5.41, 5.74) is 0.792. The van der Waals surface area contributed by atoms with Gasteiger partial charge in [0, 0.05) is 36.1 Å². The number of amides is 2. The highest BCUT2D eigenvalue weighted by molar-refractivity contribution is 9.10. The Kier molecular flexibility index (Phi) is 10.2. The zero-order valence-corrected chi connectivity index (χ0v) is 22.5. The summed E-state index contributed by atoms with van der Waals surface area (Å²) in [6.07, 6.45) is 1.01. The monoisotopic (exact) mass is 573 g/mol. The third-order valence-electron chi connectivity index (χ3n) is 5.21. The fourth-order valence-corrected chi connectivity index (χ4v) is 4.64. The molecule has 11 heteroatoms. The first-order chi connectivity index (χ1) is 16.3. The summed E-state index contributed by atoms with van der Waals surface area (Å²) in [4.78, 5) is 27.3. The van der Waals surface area contributed by atoms with Gasteiger partial charge in [-0.25, -0.2) is 17.2 Å². The normalized spacial score (nSPS) is 12.3. The van der Waals surface area contributed by atoms with Gasteiger partial charge in [-0.3, -0.25) is 13.9 Å². The Morgan fingerprint density at radius 1 is 1.03 bits per heavy atom. The number of hydrogen-bond acceptors (Lipinski definition) is 4. The average Bonchev–Trinajstić information content (AvgIpc) is 2.76. The van der Waals surface area contributed by atoms with E-state index in [0.717, 1.165) is 32.7 Å². The van der Waals surface area contributed by atoms with Gasteiger partial charge in [-0.2, -0.15) is 0 Å². The second-order valence-corrected chi connectivity index (χ2v) is 11.3. The Morgan fingerprint density at radius 3 is 2.20 bits per heavy atom. The standard InChI is InChI=1S/C24H30BrF2N3O4S/c1-16(2)28-24(32)17(3)29(15-18-7-9-19(25)10-8-18)23(31)6-5-13-30(35(4,33)34)20-11-12-21(26)22(27)14-20/h7-12,14,16-17H,5-6,13,15H2,1-4H3,(H,28,32). The molecular formula is C24H30BrF2N3O4S. The lowest BCUT2D eigenvalue weighted by Crippen LogP contribution is -2.49. The van der Waals surface area contributed by atoms with E-state index >= 15 is 0 Å². The van der Waals surface area contributed by atoms with Crippen LogP contribution in [0.4, 0.5) is 14.5 Å². The number of rotatable bonds is 11. The van der Waals surface area contributed by atoms with Crippen molar-refractivity contribution < 1.29 is 26.8 Å². The molecule has 1 N–H and O–H groups in total. The molecule has 0 aliphatic rings. The number of nitrogens with one attached hydrogen (secondary N) is 1. The van der Waals surface area contributed by atoms with Crippen LogP contribution in [0.5, 0.6) is 0 Å². The van der Waals surface area contributed by atoms with Crippen LogP contribution in [0.3, 0.4) is 0 Å². The fourth-order valence-electron chi connectivity index (χ4n) is 3.42. The number of nitrogens with zero attached hydrogens (tertiary/aromatic N) is 2. The zero-order chi connectivity index (χ0) is 26.3. The molecule has 0 spiro atoms. The smallest absolute Gasteiger partial charge is 0.242 e. The largest absolute Gasteiger partial charge is 0.352 e. The van der Waals surface area contributed by atoms with Crippen LogP contribution in [0.1, 0.15) is 39.2 Å². The van der Waals surface area contributed by atoms with E-state index in [1.807, 2.05) is 38.1 Å². The van der Waals surface area contributed by atoms with Gasteiger partial charge in [0.05, 0.1) is 11.9 Å². The molecule has 0 bridgehead atoms. The molecule has 0 radical (unpaired) electrons. The first-order valence-electron chi connectivity index (χ1n) is 11.1. The lowest BCUT2D eigenvalue weighted by Gasteiger charge is -2.30. The molecule has 0 fully saturated rings. The second kappa shape index (κ2) is 12.4. The first kappa shape index (κ1) is 28.7. The van der Waals surface area contributed by atoms with Crippen molar-refractivity contribution in [2.45, 2.75) is 52.2 Å². The molecule has 2 amide bonds. The Bertz CT molecular complexity index is 1140. The summed E-state index contributed by atoms with van der Waals surface area (Å²) in [6.45, 7) is 5.36. The van der Waals surface area contributed by atoms with Crippen LogP contribution in [0.15, 0.2) is 46.9 Å². The fraction of sp³-hybridized carbons (Fsp3) is 0.417. The molecule has 35 heavy (non-hydrogen) atoms. The number of halogens is 3. The molecule has 2 aromatic carbocycles. The lowest BCUT2D eigenvalue weighted by molar-refractivity contribution is -0.140. The molecule has 0 aliphatic carbocycles. The molecule has 2 aromatic rings. The van der Waals surface area contributed by atoms with E-state index in [0.29, 0.717) is 0 Å². The van der Waals surface area contributed by atoms with Crippen molar-refractivity contribution in [1.29, 1.82) is 0 Å². The highest BCUT2D eigenvalue weighted by Crippen LogP contribution is 2.22. The van der Waals surface area contributed by atoms with E-state index in [1.54, 1.807) is 6.92 Å². The van der Waals surface area contributed by atoms with Gasteiger partial charge in [0.1, 0.15) is 6.04 Å². The van der Waals surface area contributed by atoms with Crippen LogP contribution in [-0.4, -0.2) is 50.0 Å². The third kappa shape index (κ3) is 8.57. The molecular weight excluding hydrogens is 544 g/mol. The molecule has 0 aliphatic heterocycles. The summed E-state index contributed by atoms with van der Waals surface area (Å²) in [5, 5.41) is 2.80. The Labute approximate surface area is 213 Å². The van der Waals surface area contributed by atoms with Crippen LogP contribution in [0.25, 0.3) is 0 Å². The number of sulfonamides is 1. The van der Waals surface area contributed by atoms with Gasteiger partial charge in [0.25, 0.3) is 0 Å². The van der Waals surface area contributed by atoms with Crippen LogP contribution in [0, 0.1) is 11.6 Å². The predicted octanol–water partition coefficient (Wildman–Crippen LogP) is 4.22. The van der Waals surface area contributed by atoms with E-state index in [2.05, 4.69) is 21.2 Å². The van der Waals surface area contributed by atoms with Crippen molar-refractivity contribution in [2.24, 2.45) is 0 Å². The number of anilines is 1. The maximum Gasteiger partial charge on any atom is 0.242 e. The number of benzene rings is 2. The maximum absolute atomic E-state index is 13.7. The minimum absolute atomic E-state index is 0.0322. The first-order valence-corrected chi connectivity index (χ1v) is 13.7. The second-order valence-electron chi connectivity index (χ2n) is 8.52. The van der Waals surface area contributed by atoms with Crippen molar-refractivity contribution in [2.75, 3.05) is 17.1 Å². The van der Waals surface area contributed by atoms with Crippen molar-refractivity contribution in [1.82, 2.24) is 10.2 Å². The molecule has 192 valence electrons. The van der Waals surface area contributed by atoms with Gasteiger partial charge in [-0.05, 0) is 57.0 Å². The molecule has 0 heterocycles. The van der Waals surface area contributed by atoms with Gasteiger partial charge in [0.2, 0.25) is 21.8 Å². The maximum atomic E-state index is 13.7. The van der Waals surface area contributed by atoms with E-state index in [-0.39, 0.29) is 49.5 Å². The minimum atomic E-state index is -3.81. The molecule has 1 atom stereocenters. The van der Waals surface area contributed by atoms with Crippen LogP contribution < -0.4 is 9.62 Å². The van der Waals surface area contributed by atoms with E-state index in [1.165, 1.54) is 11.0 Å². The topological polar surface area (TPSA) is 86.8 Å². The van der Waals surface area contributed by atoms with E-state index in [9.17, 15) is 26.8 Å². The average molecular weight is 574 g/mol. The highest BCUT2D eigenvalue weighted by atomic mass is 79.9. The Hall–Kier alpha value is -2.53. The lowest BCUT2D eigenvalue weighted by atomic mass is 10.1. The molecule has 1 unspecified atom stereocenters. The SMILES string of the molecule is CC(C)NC(=O)C(C)N(Cc1ccc(Br)cc1)C(=O)CCCN(c1ccc(F)c(F)c1)S(C)(=O)=O. The molecule has 0 saturated heterocycles. The summed E-state index contributed by atoms with van der Waals surface area (Å²) in [7, 11) is -3.81. The number of hydrogen-bond donors (Lipinski definition) is 1. The zero-order valence-electron chi connectivity index (χ0n) is 20.1. The van der Waals surface area contributed by atoms with Crippen LogP contribution >= 0.6 is 15.9 Å². The molecule has 0 saturated carbocycles. The van der Waals surface area contributed by atoms with Gasteiger partial charge >= 0.3 is 0 Å². The van der Waals surface area contributed by atoms with E-state index < -0.39 is 27.7 Å². The molecule has 7 nitrogen and oxygen atoms in total.